The van der Waals surface area contributed by atoms with Gasteiger partial charge in [-0.15, -0.1) is 0 Å². The molecule has 0 spiro atoms. The van der Waals surface area contributed by atoms with Crippen LogP contribution in [0.3, 0.4) is 0 Å². The second kappa shape index (κ2) is 7.24. The summed E-state index contributed by atoms with van der Waals surface area (Å²) in [6.07, 6.45) is 1.82. The monoisotopic (exact) mass is 439 g/mol. The molecule has 1 aromatic heterocycles. The number of aliphatic carboxylic acids is 1. The summed E-state index contributed by atoms with van der Waals surface area (Å²) in [4.78, 5) is 26.5. The zero-order chi connectivity index (χ0) is 19.8. The molecule has 1 atom stereocenters. The largest absolute Gasteiger partial charge is 0.480 e. The van der Waals surface area contributed by atoms with Crippen LogP contribution in [0.4, 0.5) is 0 Å². The Morgan fingerprint density at radius 3 is 2.46 bits per heavy atom. The molecule has 1 N–H and O–H groups in total. The summed E-state index contributed by atoms with van der Waals surface area (Å²) < 4.78 is 2.64. The molecular formula is C21H18BrN3O3. The third-order valence-electron chi connectivity index (χ3n) is 5.11. The lowest BCUT2D eigenvalue weighted by Gasteiger charge is -2.34. The highest BCUT2D eigenvalue weighted by Gasteiger charge is 2.36. The molecule has 2 heterocycles. The van der Waals surface area contributed by atoms with Crippen molar-refractivity contribution in [2.45, 2.75) is 25.9 Å². The van der Waals surface area contributed by atoms with Crippen molar-refractivity contribution in [1.82, 2.24) is 14.7 Å². The fraction of sp³-hybridized carbons (Fsp3) is 0.190. The van der Waals surface area contributed by atoms with Crippen LogP contribution >= 0.6 is 15.9 Å². The van der Waals surface area contributed by atoms with Gasteiger partial charge in [-0.25, -0.2) is 9.48 Å². The molecule has 0 bridgehead atoms. The Balaban J connectivity index is 1.69. The van der Waals surface area contributed by atoms with Crippen LogP contribution in [-0.4, -0.2) is 37.7 Å². The van der Waals surface area contributed by atoms with E-state index in [0.717, 1.165) is 21.3 Å². The zero-order valence-electron chi connectivity index (χ0n) is 15.2. The van der Waals surface area contributed by atoms with Gasteiger partial charge in [0.15, 0.2) is 0 Å². The van der Waals surface area contributed by atoms with Crippen molar-refractivity contribution >= 4 is 27.8 Å². The van der Waals surface area contributed by atoms with E-state index in [4.69, 9.17) is 0 Å². The molecule has 3 aromatic rings. The Morgan fingerprint density at radius 2 is 1.79 bits per heavy atom. The number of amides is 1. The number of halogens is 1. The molecule has 1 unspecified atom stereocenters. The van der Waals surface area contributed by atoms with Gasteiger partial charge in [0.1, 0.15) is 6.04 Å². The Kier molecular flexibility index (Phi) is 4.77. The van der Waals surface area contributed by atoms with E-state index in [1.807, 2.05) is 55.5 Å². The van der Waals surface area contributed by atoms with Crippen molar-refractivity contribution in [2.75, 3.05) is 0 Å². The van der Waals surface area contributed by atoms with Crippen LogP contribution in [0.1, 0.15) is 27.2 Å². The van der Waals surface area contributed by atoms with Gasteiger partial charge in [-0.3, -0.25) is 4.79 Å². The maximum absolute atomic E-state index is 13.2. The topological polar surface area (TPSA) is 75.4 Å². The Hall–Kier alpha value is -2.93. The van der Waals surface area contributed by atoms with Crippen molar-refractivity contribution < 1.29 is 14.7 Å². The standard InChI is InChI=1S/C21H18BrN3O3/c1-13-18(11-23-25(13)17-8-6-16(22)7-9-17)20(26)24-12-15-5-3-2-4-14(15)10-19(24)21(27)28/h2-9,11,19H,10,12H2,1H3,(H,27,28). The lowest BCUT2D eigenvalue weighted by molar-refractivity contribution is -0.142. The first-order valence-corrected chi connectivity index (χ1v) is 9.66. The highest BCUT2D eigenvalue weighted by atomic mass is 79.9. The van der Waals surface area contributed by atoms with Crippen molar-refractivity contribution in [1.29, 1.82) is 0 Å². The molecule has 2 aromatic carbocycles. The fourth-order valence-corrected chi connectivity index (χ4v) is 3.84. The van der Waals surface area contributed by atoms with Crippen LogP contribution in [0, 0.1) is 6.92 Å². The highest BCUT2D eigenvalue weighted by Crippen LogP contribution is 2.26. The van der Waals surface area contributed by atoms with E-state index < -0.39 is 12.0 Å². The number of carbonyl (C=O) groups excluding carboxylic acids is 1. The number of benzene rings is 2. The molecule has 28 heavy (non-hydrogen) atoms. The number of nitrogens with zero attached hydrogens (tertiary/aromatic N) is 3. The van der Waals surface area contributed by atoms with Crippen molar-refractivity contribution in [3.8, 4) is 5.69 Å². The molecular weight excluding hydrogens is 422 g/mol. The van der Waals surface area contributed by atoms with Gasteiger partial charge in [-0.05, 0) is 42.3 Å². The lowest BCUT2D eigenvalue weighted by Crippen LogP contribution is -2.48. The Labute approximate surface area is 170 Å². The highest BCUT2D eigenvalue weighted by molar-refractivity contribution is 9.10. The van der Waals surface area contributed by atoms with Gasteiger partial charge in [-0.2, -0.15) is 5.10 Å². The summed E-state index contributed by atoms with van der Waals surface area (Å²) in [6.45, 7) is 2.09. The number of hydrogen-bond donors (Lipinski definition) is 1. The third-order valence-corrected chi connectivity index (χ3v) is 5.63. The average molecular weight is 440 g/mol. The minimum Gasteiger partial charge on any atom is -0.480 e. The van der Waals surface area contributed by atoms with E-state index in [0.29, 0.717) is 17.7 Å². The maximum atomic E-state index is 13.2. The van der Waals surface area contributed by atoms with Crippen LogP contribution in [0.2, 0.25) is 0 Å². The van der Waals surface area contributed by atoms with E-state index in [9.17, 15) is 14.7 Å². The second-order valence-corrected chi connectivity index (χ2v) is 7.71. The Morgan fingerprint density at radius 1 is 1.11 bits per heavy atom. The predicted molar refractivity (Wildman–Crippen MR) is 107 cm³/mol. The van der Waals surface area contributed by atoms with Crippen LogP contribution in [0.15, 0.2) is 59.2 Å². The summed E-state index contributed by atoms with van der Waals surface area (Å²) >= 11 is 3.40. The molecule has 1 aliphatic heterocycles. The summed E-state index contributed by atoms with van der Waals surface area (Å²) in [5, 5.41) is 14.0. The average Bonchev–Trinajstić information content (AvgIpc) is 3.08. The van der Waals surface area contributed by atoms with Crippen molar-refractivity contribution in [2.24, 2.45) is 0 Å². The van der Waals surface area contributed by atoms with Gasteiger partial charge in [0.25, 0.3) is 5.91 Å². The van der Waals surface area contributed by atoms with Gasteiger partial charge in [-0.1, -0.05) is 40.2 Å². The van der Waals surface area contributed by atoms with Crippen LogP contribution in [0.25, 0.3) is 5.69 Å². The molecule has 0 saturated carbocycles. The fourth-order valence-electron chi connectivity index (χ4n) is 3.57. The first kappa shape index (κ1) is 18.4. The molecule has 1 aliphatic rings. The van der Waals surface area contributed by atoms with Gasteiger partial charge in [0.2, 0.25) is 0 Å². The SMILES string of the molecule is Cc1c(C(=O)N2Cc3ccccc3CC2C(=O)O)cnn1-c1ccc(Br)cc1. The molecule has 142 valence electrons. The third kappa shape index (κ3) is 3.22. The molecule has 0 fully saturated rings. The van der Waals surface area contributed by atoms with Gasteiger partial charge < -0.3 is 10.0 Å². The molecule has 1 amide bonds. The minimum absolute atomic E-state index is 0.273. The zero-order valence-corrected chi connectivity index (χ0v) is 16.8. The lowest BCUT2D eigenvalue weighted by atomic mass is 9.93. The van der Waals surface area contributed by atoms with E-state index in [1.165, 1.54) is 11.1 Å². The smallest absolute Gasteiger partial charge is 0.326 e. The molecule has 4 rings (SSSR count). The Bertz CT molecular complexity index is 1060. The normalized spacial score (nSPS) is 15.9. The number of hydrogen-bond acceptors (Lipinski definition) is 3. The number of aromatic nitrogens is 2. The van der Waals surface area contributed by atoms with Gasteiger partial charge >= 0.3 is 5.97 Å². The van der Waals surface area contributed by atoms with Crippen LogP contribution < -0.4 is 0 Å². The number of rotatable bonds is 3. The predicted octanol–water partition coefficient (Wildman–Crippen LogP) is 3.59. The number of fused-ring (bicyclic) bond motifs is 1. The maximum Gasteiger partial charge on any atom is 0.326 e. The second-order valence-electron chi connectivity index (χ2n) is 6.79. The first-order chi connectivity index (χ1) is 13.5. The van der Waals surface area contributed by atoms with Gasteiger partial charge in [0, 0.05) is 17.4 Å². The first-order valence-electron chi connectivity index (χ1n) is 8.87. The van der Waals surface area contributed by atoms with E-state index in [1.54, 1.807) is 4.68 Å². The molecule has 7 heteroatoms. The molecule has 0 radical (unpaired) electrons. The van der Waals surface area contributed by atoms with Crippen LogP contribution in [-0.2, 0) is 17.8 Å². The summed E-state index contributed by atoms with van der Waals surface area (Å²) in [7, 11) is 0. The summed E-state index contributed by atoms with van der Waals surface area (Å²) in [6, 6.07) is 14.4. The van der Waals surface area contributed by atoms with Crippen LogP contribution in [0.5, 0.6) is 0 Å². The van der Waals surface area contributed by atoms with Crippen molar-refractivity contribution in [3.63, 3.8) is 0 Å². The molecule has 0 aliphatic carbocycles. The summed E-state index contributed by atoms with van der Waals surface area (Å²) in [5.74, 6) is -1.32. The molecule has 0 saturated heterocycles. The molecule has 6 nitrogen and oxygen atoms in total. The quantitative estimate of drug-likeness (QED) is 0.676. The number of carboxylic acids is 1. The summed E-state index contributed by atoms with van der Waals surface area (Å²) in [5.41, 5.74) is 3.87. The van der Waals surface area contributed by atoms with Gasteiger partial charge in [0.05, 0.1) is 23.1 Å². The van der Waals surface area contributed by atoms with E-state index >= 15 is 0 Å². The number of carbonyl (C=O) groups is 2. The van der Waals surface area contributed by atoms with Crippen molar-refractivity contribution in [3.05, 3.63) is 81.6 Å². The number of carboxylic acid groups (broad SMARTS) is 1. The van der Waals surface area contributed by atoms with E-state index in [-0.39, 0.29) is 12.5 Å². The minimum atomic E-state index is -0.999. The van der Waals surface area contributed by atoms with E-state index in [2.05, 4.69) is 21.0 Å².